The van der Waals surface area contributed by atoms with Crippen molar-refractivity contribution in [3.8, 4) is 0 Å². The summed E-state index contributed by atoms with van der Waals surface area (Å²) in [6.07, 6.45) is 3.75. The van der Waals surface area contributed by atoms with Gasteiger partial charge in [-0.3, -0.25) is 10.1 Å². The van der Waals surface area contributed by atoms with Crippen LogP contribution in [0.5, 0.6) is 0 Å². The van der Waals surface area contributed by atoms with Gasteiger partial charge in [-0.15, -0.1) is 0 Å². The lowest BCUT2D eigenvalue weighted by Crippen LogP contribution is -2.04. The number of hydrogen-bond acceptors (Lipinski definition) is 4. The molecule has 1 aromatic carbocycles. The zero-order chi connectivity index (χ0) is 17.4. The van der Waals surface area contributed by atoms with E-state index in [4.69, 9.17) is 5.11 Å². The van der Waals surface area contributed by atoms with Crippen LogP contribution in [0.3, 0.4) is 0 Å². The predicted molar refractivity (Wildman–Crippen MR) is 97.5 cm³/mol. The maximum absolute atomic E-state index is 10.9. The number of hydrogen-bond donors (Lipinski definition) is 2. The van der Waals surface area contributed by atoms with Crippen LogP contribution in [0.4, 0.5) is 11.4 Å². The molecule has 1 aromatic rings. The number of benzene rings is 1. The van der Waals surface area contributed by atoms with Gasteiger partial charge in [0.15, 0.2) is 0 Å². The molecule has 22 heavy (non-hydrogen) atoms. The summed E-state index contributed by atoms with van der Waals surface area (Å²) in [7, 11) is 0. The third kappa shape index (κ3) is 10.6. The minimum absolute atomic E-state index is 0.0831. The van der Waals surface area contributed by atoms with Crippen molar-refractivity contribution < 1.29 is 10.0 Å². The molecule has 0 unspecified atom stereocenters. The summed E-state index contributed by atoms with van der Waals surface area (Å²) in [6.45, 7) is 8.93. The average molecular weight is 377 g/mol. The predicted octanol–water partition coefficient (Wildman–Crippen LogP) is 5.37. The van der Waals surface area contributed by atoms with Crippen molar-refractivity contribution in [1.82, 2.24) is 0 Å². The number of anilines is 1. The lowest BCUT2D eigenvalue weighted by Gasteiger charge is -2.07. The lowest BCUT2D eigenvalue weighted by molar-refractivity contribution is -0.384. The second-order valence-electron chi connectivity index (χ2n) is 3.98. The van der Waals surface area contributed by atoms with E-state index in [1.807, 2.05) is 27.7 Å². The number of aliphatic hydroxyl groups is 1. The molecule has 0 bridgehead atoms. The number of halogens is 1. The molecule has 0 saturated carbocycles. The number of nitrogens with zero attached hydrogens (tertiary/aromatic N) is 1. The molecule has 0 heterocycles. The number of nitro benzene ring substituents is 1. The first kappa shape index (κ1) is 23.1. The fourth-order valence-corrected chi connectivity index (χ4v) is 1.97. The molecule has 0 aliphatic heterocycles. The minimum Gasteiger partial charge on any atom is -0.396 e. The van der Waals surface area contributed by atoms with Crippen molar-refractivity contribution >= 4 is 27.3 Å². The first-order valence-electron chi connectivity index (χ1n) is 7.94. The fraction of sp³-hybridized carbons (Fsp3) is 0.625. The van der Waals surface area contributed by atoms with E-state index in [2.05, 4.69) is 21.2 Å². The number of aliphatic hydroxyl groups excluding tert-OH is 1. The Morgan fingerprint density at radius 3 is 2.27 bits per heavy atom. The monoisotopic (exact) mass is 376 g/mol. The molecule has 0 atom stereocenters. The maximum atomic E-state index is 10.9. The van der Waals surface area contributed by atoms with Crippen LogP contribution >= 0.6 is 15.9 Å². The first-order chi connectivity index (χ1) is 10.6. The molecule has 6 heteroatoms. The van der Waals surface area contributed by atoms with E-state index in [1.54, 1.807) is 12.1 Å². The van der Waals surface area contributed by atoms with Crippen molar-refractivity contribution in [1.29, 1.82) is 0 Å². The number of nitro groups is 1. The van der Waals surface area contributed by atoms with Crippen LogP contribution in [-0.4, -0.2) is 23.2 Å². The van der Waals surface area contributed by atoms with E-state index in [0.717, 1.165) is 25.7 Å². The Labute approximate surface area is 142 Å². The van der Waals surface area contributed by atoms with E-state index in [1.165, 1.54) is 6.07 Å². The second-order valence-corrected chi connectivity index (χ2v) is 4.90. The van der Waals surface area contributed by atoms with Crippen LogP contribution in [0.15, 0.2) is 22.7 Å². The molecule has 2 N–H and O–H groups in total. The van der Waals surface area contributed by atoms with E-state index in [0.29, 0.717) is 16.7 Å². The van der Waals surface area contributed by atoms with Crippen molar-refractivity contribution in [3.05, 3.63) is 32.8 Å². The molecule has 1 rings (SSSR count). The van der Waals surface area contributed by atoms with Gasteiger partial charge in [-0.05, 0) is 25.0 Å². The van der Waals surface area contributed by atoms with Crippen LogP contribution in [0, 0.1) is 10.1 Å². The van der Waals surface area contributed by atoms with Gasteiger partial charge in [0.05, 0.1) is 4.92 Å². The molecule has 0 radical (unpaired) electrons. The van der Waals surface area contributed by atoms with Crippen molar-refractivity contribution in [3.63, 3.8) is 0 Å². The first-order valence-corrected chi connectivity index (χ1v) is 8.73. The lowest BCUT2D eigenvalue weighted by atomic mass is 10.2. The molecule has 0 aliphatic rings. The molecule has 0 amide bonds. The van der Waals surface area contributed by atoms with Crippen LogP contribution < -0.4 is 5.32 Å². The SMILES string of the molecule is CC.CC.O=[N+]([O-])c1cc(Br)ccc1NCCCCCCO. The van der Waals surface area contributed by atoms with Gasteiger partial charge in [0.1, 0.15) is 5.69 Å². The van der Waals surface area contributed by atoms with Gasteiger partial charge in [0.25, 0.3) is 5.69 Å². The smallest absolute Gasteiger partial charge is 0.293 e. The Bertz CT molecular complexity index is 401. The summed E-state index contributed by atoms with van der Waals surface area (Å²) < 4.78 is 0.697. The van der Waals surface area contributed by atoms with Crippen LogP contribution in [0.2, 0.25) is 0 Å². The molecule has 5 nitrogen and oxygen atoms in total. The maximum Gasteiger partial charge on any atom is 0.293 e. The zero-order valence-electron chi connectivity index (χ0n) is 14.1. The highest BCUT2D eigenvalue weighted by atomic mass is 79.9. The van der Waals surface area contributed by atoms with Crippen LogP contribution in [-0.2, 0) is 0 Å². The van der Waals surface area contributed by atoms with Gasteiger partial charge in [-0.1, -0.05) is 56.5 Å². The summed E-state index contributed by atoms with van der Waals surface area (Å²) in [4.78, 5) is 10.5. The molecule has 0 aromatic heterocycles. The van der Waals surface area contributed by atoms with Gasteiger partial charge < -0.3 is 10.4 Å². The minimum atomic E-state index is -0.390. The van der Waals surface area contributed by atoms with Gasteiger partial charge in [0, 0.05) is 23.7 Å². The Morgan fingerprint density at radius 1 is 1.14 bits per heavy atom. The number of unbranched alkanes of at least 4 members (excludes halogenated alkanes) is 3. The van der Waals surface area contributed by atoms with E-state index < -0.39 is 4.92 Å². The Morgan fingerprint density at radius 2 is 1.73 bits per heavy atom. The van der Waals surface area contributed by atoms with Gasteiger partial charge in [0.2, 0.25) is 0 Å². The van der Waals surface area contributed by atoms with E-state index >= 15 is 0 Å². The summed E-state index contributed by atoms with van der Waals surface area (Å²) in [5.41, 5.74) is 0.630. The highest BCUT2D eigenvalue weighted by molar-refractivity contribution is 9.10. The second kappa shape index (κ2) is 16.2. The number of nitrogens with one attached hydrogen (secondary N) is 1. The topological polar surface area (TPSA) is 75.4 Å². The van der Waals surface area contributed by atoms with Crippen molar-refractivity contribution in [2.45, 2.75) is 53.4 Å². The fourth-order valence-electron chi connectivity index (χ4n) is 1.62. The Kier molecular flexibility index (Phi) is 17.1. The summed E-state index contributed by atoms with van der Waals surface area (Å²) >= 11 is 3.22. The van der Waals surface area contributed by atoms with Crippen molar-refractivity contribution in [2.75, 3.05) is 18.5 Å². The molecule has 0 saturated heterocycles. The highest BCUT2D eigenvalue weighted by Gasteiger charge is 2.13. The number of rotatable bonds is 8. The third-order valence-electron chi connectivity index (χ3n) is 2.56. The average Bonchev–Trinajstić information content (AvgIpc) is 2.55. The summed E-state index contributed by atoms with van der Waals surface area (Å²) in [5.74, 6) is 0. The van der Waals surface area contributed by atoms with Gasteiger partial charge >= 0.3 is 0 Å². The van der Waals surface area contributed by atoms with Gasteiger partial charge in [-0.25, -0.2) is 0 Å². The van der Waals surface area contributed by atoms with Crippen LogP contribution in [0.1, 0.15) is 53.4 Å². The zero-order valence-corrected chi connectivity index (χ0v) is 15.6. The summed E-state index contributed by atoms with van der Waals surface area (Å²) in [6, 6.07) is 4.98. The Hall–Kier alpha value is -1.14. The van der Waals surface area contributed by atoms with E-state index in [-0.39, 0.29) is 12.3 Å². The normalized spacial score (nSPS) is 9.00. The van der Waals surface area contributed by atoms with Crippen molar-refractivity contribution in [2.24, 2.45) is 0 Å². The molecular formula is C16H29BrN2O3. The standard InChI is InChI=1S/C12H17BrN2O3.2C2H6/c13-10-5-6-11(12(9-10)15(17)18)14-7-3-1-2-4-8-16;2*1-2/h5-6,9,14,16H,1-4,7-8H2;2*1-2H3. The van der Waals surface area contributed by atoms with Gasteiger partial charge in [-0.2, -0.15) is 0 Å². The molecule has 0 fully saturated rings. The molecule has 0 spiro atoms. The largest absolute Gasteiger partial charge is 0.396 e. The van der Waals surface area contributed by atoms with E-state index in [9.17, 15) is 10.1 Å². The van der Waals surface area contributed by atoms with Crippen LogP contribution in [0.25, 0.3) is 0 Å². The quantitative estimate of drug-likeness (QED) is 0.363. The summed E-state index contributed by atoms with van der Waals surface area (Å²) in [5, 5.41) is 22.6. The molecular weight excluding hydrogens is 348 g/mol. The molecule has 0 aliphatic carbocycles. The Balaban J connectivity index is 0. The molecule has 128 valence electrons. The highest BCUT2D eigenvalue weighted by Crippen LogP contribution is 2.27. The third-order valence-corrected chi connectivity index (χ3v) is 3.05.